The molecule has 0 fully saturated rings. The predicted molar refractivity (Wildman–Crippen MR) is 80.9 cm³/mol. The highest BCUT2D eigenvalue weighted by Crippen LogP contribution is 2.35. The molecular weight excluding hydrogens is 351 g/mol. The Bertz CT molecular complexity index is 564. The third-order valence-electron chi connectivity index (χ3n) is 2.57. The van der Waals surface area contributed by atoms with Crippen LogP contribution in [0.15, 0.2) is 40.9 Å². The second kappa shape index (κ2) is 6.62. The molecule has 0 atom stereocenters. The van der Waals surface area contributed by atoms with Crippen molar-refractivity contribution in [1.82, 2.24) is 0 Å². The Hall–Kier alpha value is -0.740. The second-order valence-corrected chi connectivity index (χ2v) is 5.60. The molecule has 0 heterocycles. The van der Waals surface area contributed by atoms with Gasteiger partial charge < -0.3 is 9.84 Å². The van der Waals surface area contributed by atoms with Crippen LogP contribution >= 0.6 is 39.1 Å². The minimum atomic E-state index is -0.0664. The van der Waals surface area contributed by atoms with Crippen LogP contribution in [0.4, 0.5) is 0 Å². The van der Waals surface area contributed by atoms with Crippen molar-refractivity contribution in [2.45, 2.75) is 13.2 Å². The van der Waals surface area contributed by atoms with E-state index in [9.17, 15) is 0 Å². The van der Waals surface area contributed by atoms with Gasteiger partial charge in [-0.05, 0) is 39.7 Å². The van der Waals surface area contributed by atoms with Crippen molar-refractivity contribution >= 4 is 39.1 Å². The van der Waals surface area contributed by atoms with Gasteiger partial charge >= 0.3 is 0 Å². The molecule has 0 unspecified atom stereocenters. The highest BCUT2D eigenvalue weighted by Gasteiger charge is 2.10. The van der Waals surface area contributed by atoms with Crippen LogP contribution in [0.1, 0.15) is 11.1 Å². The zero-order valence-corrected chi connectivity index (χ0v) is 13.0. The molecule has 2 aromatic carbocycles. The van der Waals surface area contributed by atoms with Gasteiger partial charge in [-0.1, -0.05) is 41.4 Å². The Labute approximate surface area is 130 Å². The van der Waals surface area contributed by atoms with Gasteiger partial charge in [0.05, 0.1) is 16.1 Å². The fourth-order valence-electron chi connectivity index (χ4n) is 1.61. The molecule has 0 aliphatic carbocycles. The summed E-state index contributed by atoms with van der Waals surface area (Å²) in [6, 6.07) is 10.9. The maximum absolute atomic E-state index is 9.08. The van der Waals surface area contributed by atoms with E-state index in [2.05, 4.69) is 15.9 Å². The van der Waals surface area contributed by atoms with Crippen LogP contribution in [0.2, 0.25) is 10.0 Å². The van der Waals surface area contributed by atoms with Gasteiger partial charge in [-0.25, -0.2) is 0 Å². The Morgan fingerprint density at radius 1 is 1.11 bits per heavy atom. The number of aliphatic hydroxyl groups excluding tert-OH is 1. The number of hydrogen-bond donors (Lipinski definition) is 1. The summed E-state index contributed by atoms with van der Waals surface area (Å²) in [7, 11) is 0. The molecule has 2 nitrogen and oxygen atoms in total. The van der Waals surface area contributed by atoms with Crippen LogP contribution in [0.3, 0.4) is 0 Å². The molecular formula is C14H11BrCl2O2. The van der Waals surface area contributed by atoms with Gasteiger partial charge in [-0.3, -0.25) is 0 Å². The first kappa shape index (κ1) is 14.7. The largest absolute Gasteiger partial charge is 0.486 e. The smallest absolute Gasteiger partial charge is 0.152 e. The molecule has 0 aliphatic rings. The molecule has 2 aromatic rings. The molecule has 0 amide bonds. The van der Waals surface area contributed by atoms with Gasteiger partial charge in [-0.15, -0.1) is 0 Å². The minimum Gasteiger partial charge on any atom is -0.486 e. The summed E-state index contributed by atoms with van der Waals surface area (Å²) in [6.07, 6.45) is 0. The van der Waals surface area contributed by atoms with Crippen LogP contribution in [0.5, 0.6) is 5.75 Å². The van der Waals surface area contributed by atoms with Gasteiger partial charge in [0.15, 0.2) is 5.75 Å². The molecule has 0 radical (unpaired) electrons. The Kier molecular flexibility index (Phi) is 5.11. The van der Waals surface area contributed by atoms with Crippen LogP contribution < -0.4 is 4.74 Å². The lowest BCUT2D eigenvalue weighted by molar-refractivity contribution is 0.280. The Balaban J connectivity index is 2.18. The first-order valence-corrected chi connectivity index (χ1v) is 7.11. The summed E-state index contributed by atoms with van der Waals surface area (Å²) in [4.78, 5) is 0. The summed E-state index contributed by atoms with van der Waals surface area (Å²) >= 11 is 15.6. The van der Waals surface area contributed by atoms with Crippen molar-refractivity contribution < 1.29 is 9.84 Å². The van der Waals surface area contributed by atoms with E-state index in [1.54, 1.807) is 12.1 Å². The molecule has 2 rings (SSSR count). The molecule has 0 spiro atoms. The Morgan fingerprint density at radius 3 is 2.47 bits per heavy atom. The van der Waals surface area contributed by atoms with Gasteiger partial charge in [-0.2, -0.15) is 0 Å². The summed E-state index contributed by atoms with van der Waals surface area (Å²) in [6.45, 7) is 0.263. The quantitative estimate of drug-likeness (QED) is 0.845. The molecule has 1 N–H and O–H groups in total. The van der Waals surface area contributed by atoms with E-state index in [-0.39, 0.29) is 6.61 Å². The number of halogens is 3. The summed E-state index contributed by atoms with van der Waals surface area (Å²) in [5, 5.41) is 10.2. The number of hydrogen-bond acceptors (Lipinski definition) is 2. The third-order valence-corrected chi connectivity index (χ3v) is 3.81. The average molecular weight is 362 g/mol. The molecule has 0 bridgehead atoms. The van der Waals surface area contributed by atoms with E-state index in [1.165, 1.54) is 0 Å². The van der Waals surface area contributed by atoms with Crippen molar-refractivity contribution in [2.24, 2.45) is 0 Å². The predicted octanol–water partition coefficient (Wildman–Crippen LogP) is 4.83. The highest BCUT2D eigenvalue weighted by molar-refractivity contribution is 9.10. The van der Waals surface area contributed by atoms with Crippen LogP contribution in [-0.2, 0) is 13.2 Å². The lowest BCUT2D eigenvalue weighted by Gasteiger charge is -2.12. The van der Waals surface area contributed by atoms with Gasteiger partial charge in [0, 0.05) is 10.6 Å². The maximum Gasteiger partial charge on any atom is 0.152 e. The monoisotopic (exact) mass is 360 g/mol. The van der Waals surface area contributed by atoms with Gasteiger partial charge in [0.2, 0.25) is 0 Å². The topological polar surface area (TPSA) is 29.5 Å². The van der Waals surface area contributed by atoms with Gasteiger partial charge in [0.25, 0.3) is 0 Å². The van der Waals surface area contributed by atoms with E-state index < -0.39 is 0 Å². The van der Waals surface area contributed by atoms with Crippen molar-refractivity contribution in [1.29, 1.82) is 0 Å². The number of aliphatic hydroxyl groups is 1. The molecule has 0 saturated carbocycles. The van der Waals surface area contributed by atoms with E-state index >= 15 is 0 Å². The van der Waals surface area contributed by atoms with E-state index in [0.717, 1.165) is 11.1 Å². The molecule has 0 aliphatic heterocycles. The second-order valence-electron chi connectivity index (χ2n) is 3.93. The van der Waals surface area contributed by atoms with Crippen molar-refractivity contribution in [3.8, 4) is 5.75 Å². The molecule has 0 saturated heterocycles. The number of rotatable bonds is 4. The Morgan fingerprint density at radius 2 is 1.84 bits per heavy atom. The molecule has 5 heteroatoms. The van der Waals surface area contributed by atoms with Crippen LogP contribution in [0.25, 0.3) is 0 Å². The van der Waals surface area contributed by atoms with Crippen molar-refractivity contribution in [3.63, 3.8) is 0 Å². The lowest BCUT2D eigenvalue weighted by atomic mass is 10.2. The van der Waals surface area contributed by atoms with E-state index in [4.69, 9.17) is 33.0 Å². The van der Waals surface area contributed by atoms with Gasteiger partial charge in [0.1, 0.15) is 6.61 Å². The fourth-order valence-corrected chi connectivity index (χ4v) is 2.83. The van der Waals surface area contributed by atoms with Crippen LogP contribution in [0, 0.1) is 0 Å². The summed E-state index contributed by atoms with van der Waals surface area (Å²) in [5.74, 6) is 0.541. The zero-order valence-electron chi connectivity index (χ0n) is 9.87. The lowest BCUT2D eigenvalue weighted by Crippen LogP contribution is -1.98. The third kappa shape index (κ3) is 3.63. The van der Waals surface area contributed by atoms with Crippen LogP contribution in [-0.4, -0.2) is 5.11 Å². The highest BCUT2D eigenvalue weighted by atomic mass is 79.9. The van der Waals surface area contributed by atoms with E-state index in [0.29, 0.717) is 26.9 Å². The standard InChI is InChI=1S/C14H11BrCl2O2/c15-11-5-9(7-18)6-13(17)14(11)19-8-10-3-1-2-4-12(10)16/h1-6,18H,7-8H2. The average Bonchev–Trinajstić information content (AvgIpc) is 2.39. The number of ether oxygens (including phenoxy) is 1. The SMILES string of the molecule is OCc1cc(Cl)c(OCc2ccccc2Cl)c(Br)c1. The van der Waals surface area contributed by atoms with E-state index in [1.807, 2.05) is 24.3 Å². The fraction of sp³-hybridized carbons (Fsp3) is 0.143. The molecule has 100 valence electrons. The maximum atomic E-state index is 9.08. The minimum absolute atomic E-state index is 0.0664. The summed E-state index contributed by atoms with van der Waals surface area (Å²) in [5.41, 5.74) is 1.61. The van der Waals surface area contributed by atoms with Crippen molar-refractivity contribution in [3.05, 3.63) is 62.0 Å². The number of benzene rings is 2. The molecule has 0 aromatic heterocycles. The molecule has 19 heavy (non-hydrogen) atoms. The van der Waals surface area contributed by atoms with Crippen molar-refractivity contribution in [2.75, 3.05) is 0 Å². The first-order valence-electron chi connectivity index (χ1n) is 5.57. The zero-order chi connectivity index (χ0) is 13.8. The summed E-state index contributed by atoms with van der Waals surface area (Å²) < 4.78 is 6.39. The first-order chi connectivity index (χ1) is 9.11. The normalized spacial score (nSPS) is 10.5.